The molecule has 0 fully saturated rings. The summed E-state index contributed by atoms with van der Waals surface area (Å²) in [6.45, 7) is 2.40. The Morgan fingerprint density at radius 1 is 1.25 bits per heavy atom. The lowest BCUT2D eigenvalue weighted by Gasteiger charge is -2.22. The topological polar surface area (TPSA) is 103 Å². The second-order valence-corrected chi connectivity index (χ2v) is 7.69. The van der Waals surface area contributed by atoms with Gasteiger partial charge in [0.1, 0.15) is 12.4 Å². The third-order valence-electron chi connectivity index (χ3n) is 4.35. The van der Waals surface area contributed by atoms with Crippen molar-refractivity contribution in [2.75, 3.05) is 11.7 Å². The van der Waals surface area contributed by atoms with E-state index in [0.29, 0.717) is 30.3 Å². The fraction of sp³-hybridized carbons (Fsp3) is 0.182. The van der Waals surface area contributed by atoms with Crippen molar-refractivity contribution < 1.29 is 19.5 Å². The molecule has 0 bridgehead atoms. The van der Waals surface area contributed by atoms with Crippen LogP contribution in [0.15, 0.2) is 72.8 Å². The Morgan fingerprint density at radius 3 is 2.91 bits per heavy atom. The average molecular weight is 452 g/mol. The van der Waals surface area contributed by atoms with Crippen LogP contribution in [0.4, 0.5) is 11.6 Å². The van der Waals surface area contributed by atoms with Gasteiger partial charge in [0, 0.05) is 24.7 Å². The van der Waals surface area contributed by atoms with E-state index in [-0.39, 0.29) is 5.95 Å². The minimum absolute atomic E-state index is 0.153. The molecule has 0 aliphatic rings. The fourth-order valence-corrected chi connectivity index (χ4v) is 3.47. The highest BCUT2D eigenvalue weighted by atomic mass is 32.1. The fourth-order valence-electron chi connectivity index (χ4n) is 2.77. The number of aliphatic hydroxyl groups is 1. The van der Waals surface area contributed by atoms with Crippen LogP contribution in [0, 0.1) is 0 Å². The summed E-state index contributed by atoms with van der Waals surface area (Å²) in [6.07, 6.45) is 5.56. The number of ether oxygens (including phenoxy) is 1. The molecule has 0 saturated carbocycles. The summed E-state index contributed by atoms with van der Waals surface area (Å²) in [5, 5.41) is 12.8. The predicted molar refractivity (Wildman–Crippen MR) is 119 cm³/mol. The zero-order valence-electron chi connectivity index (χ0n) is 17.2. The monoisotopic (exact) mass is 451 g/mol. The van der Waals surface area contributed by atoms with Crippen LogP contribution < -0.4 is 9.80 Å². The lowest BCUT2D eigenvalue weighted by Crippen LogP contribution is -2.30. The number of nitrogens with zero attached hydrogens (tertiary/aromatic N) is 5. The maximum Gasteiger partial charge on any atom is 0.360 e. The molecule has 4 rings (SSSR count). The Hall–Kier alpha value is -3.76. The highest BCUT2D eigenvalue weighted by molar-refractivity contribution is 7.13. The van der Waals surface area contributed by atoms with Gasteiger partial charge in [0.2, 0.25) is 0 Å². The highest BCUT2D eigenvalue weighted by Gasteiger charge is 2.22. The number of aliphatic hydroxyl groups excluding tert-OH is 1. The molecule has 9 nitrogen and oxygen atoms in total. The van der Waals surface area contributed by atoms with E-state index in [1.807, 2.05) is 28.3 Å². The van der Waals surface area contributed by atoms with E-state index in [4.69, 9.17) is 9.57 Å². The third-order valence-corrected chi connectivity index (χ3v) is 5.24. The van der Waals surface area contributed by atoms with Crippen molar-refractivity contribution in [2.45, 2.75) is 19.6 Å². The number of imidazole rings is 1. The smallest absolute Gasteiger partial charge is 0.360 e. The predicted octanol–water partition coefficient (Wildman–Crippen LogP) is 3.46. The van der Waals surface area contributed by atoms with Gasteiger partial charge >= 0.3 is 5.97 Å². The Bertz CT molecular complexity index is 1150. The summed E-state index contributed by atoms with van der Waals surface area (Å²) in [7, 11) is 0. The molecule has 3 aromatic heterocycles. The van der Waals surface area contributed by atoms with E-state index in [2.05, 4.69) is 15.0 Å². The summed E-state index contributed by atoms with van der Waals surface area (Å²) < 4.78 is 7.74. The molecule has 0 aliphatic carbocycles. The van der Waals surface area contributed by atoms with Crippen molar-refractivity contribution in [3.05, 3.63) is 72.8 Å². The van der Waals surface area contributed by atoms with Crippen LogP contribution in [0.1, 0.15) is 6.92 Å². The van der Waals surface area contributed by atoms with E-state index < -0.39 is 12.1 Å². The molecule has 164 valence electrons. The van der Waals surface area contributed by atoms with E-state index in [1.165, 1.54) is 23.3 Å². The van der Waals surface area contributed by atoms with Crippen LogP contribution in [0.3, 0.4) is 0 Å². The number of carbonyl (C=O) groups is 1. The van der Waals surface area contributed by atoms with Gasteiger partial charge in [-0.15, -0.1) is 16.4 Å². The number of thiophene rings is 1. The van der Waals surface area contributed by atoms with Crippen LogP contribution >= 0.6 is 11.3 Å². The molecule has 0 radical (unpaired) electrons. The Kier molecular flexibility index (Phi) is 6.73. The van der Waals surface area contributed by atoms with Crippen molar-refractivity contribution in [1.82, 2.24) is 19.5 Å². The largest absolute Gasteiger partial charge is 0.492 e. The molecule has 3 heterocycles. The van der Waals surface area contributed by atoms with Gasteiger partial charge in [-0.05, 0) is 36.6 Å². The van der Waals surface area contributed by atoms with Crippen LogP contribution in [0.2, 0.25) is 0 Å². The molecular weight excluding hydrogens is 430 g/mol. The Balaban J connectivity index is 1.59. The first-order valence-corrected chi connectivity index (χ1v) is 10.7. The average Bonchev–Trinajstić information content (AvgIpc) is 3.52. The zero-order valence-corrected chi connectivity index (χ0v) is 18.1. The molecule has 32 heavy (non-hydrogen) atoms. The molecule has 1 unspecified atom stereocenters. The number of rotatable bonds is 9. The van der Waals surface area contributed by atoms with Crippen LogP contribution in [-0.2, 0) is 16.2 Å². The summed E-state index contributed by atoms with van der Waals surface area (Å²) >= 11 is 1.54. The van der Waals surface area contributed by atoms with Crippen molar-refractivity contribution in [1.29, 1.82) is 0 Å². The van der Waals surface area contributed by atoms with E-state index in [1.54, 1.807) is 49.1 Å². The number of hydrogen-bond acceptors (Lipinski definition) is 9. The molecule has 0 amide bonds. The van der Waals surface area contributed by atoms with E-state index in [0.717, 1.165) is 4.88 Å². The normalized spacial score (nSPS) is 11.7. The van der Waals surface area contributed by atoms with Gasteiger partial charge in [0.25, 0.3) is 5.95 Å². The summed E-state index contributed by atoms with van der Waals surface area (Å²) in [4.78, 5) is 31.4. The van der Waals surface area contributed by atoms with Crippen molar-refractivity contribution in [3.63, 3.8) is 0 Å². The molecule has 10 heteroatoms. The quantitative estimate of drug-likeness (QED) is 0.386. The van der Waals surface area contributed by atoms with E-state index in [9.17, 15) is 9.90 Å². The molecule has 1 atom stereocenters. The number of hydrogen-bond donors (Lipinski definition) is 1. The van der Waals surface area contributed by atoms with Gasteiger partial charge in [0.05, 0.1) is 29.1 Å². The zero-order chi connectivity index (χ0) is 22.3. The van der Waals surface area contributed by atoms with Gasteiger partial charge in [-0.2, -0.15) is 0 Å². The van der Waals surface area contributed by atoms with Gasteiger partial charge < -0.3 is 19.2 Å². The SMILES string of the molecule is CC(O)C(=O)ON(c1cccc(OCCn2ccnc2)c1)c1nccc(-c2cccs2)n1. The van der Waals surface area contributed by atoms with Gasteiger partial charge in [-0.1, -0.05) is 12.1 Å². The van der Waals surface area contributed by atoms with Crippen molar-refractivity contribution in [3.8, 4) is 16.3 Å². The minimum atomic E-state index is -1.31. The van der Waals surface area contributed by atoms with Gasteiger partial charge in [-0.25, -0.2) is 19.7 Å². The Morgan fingerprint density at radius 2 is 2.16 bits per heavy atom. The standard InChI is InChI=1S/C22H21N5O4S/c1-16(28)21(29)31-27(22-24-8-7-19(25-22)20-6-3-13-32-20)17-4-2-5-18(14-17)30-12-11-26-10-9-23-15-26/h2-10,13-16,28H,11-12H2,1H3. The molecule has 1 aromatic carbocycles. The molecule has 4 aromatic rings. The first kappa shape index (κ1) is 21.5. The summed E-state index contributed by atoms with van der Waals surface area (Å²) in [5.74, 6) is -0.0999. The summed E-state index contributed by atoms with van der Waals surface area (Å²) in [5.41, 5.74) is 1.17. The van der Waals surface area contributed by atoms with Crippen LogP contribution in [-0.4, -0.2) is 43.3 Å². The van der Waals surface area contributed by atoms with E-state index >= 15 is 0 Å². The van der Waals surface area contributed by atoms with Crippen LogP contribution in [0.25, 0.3) is 10.6 Å². The second-order valence-electron chi connectivity index (χ2n) is 6.75. The first-order valence-electron chi connectivity index (χ1n) is 9.85. The lowest BCUT2D eigenvalue weighted by molar-refractivity contribution is -0.152. The second kappa shape index (κ2) is 10.0. The lowest BCUT2D eigenvalue weighted by atomic mass is 10.3. The molecule has 0 aliphatic heterocycles. The number of aromatic nitrogens is 4. The maximum atomic E-state index is 12.2. The minimum Gasteiger partial charge on any atom is -0.492 e. The maximum absolute atomic E-state index is 12.2. The molecule has 1 N–H and O–H groups in total. The highest BCUT2D eigenvalue weighted by Crippen LogP contribution is 2.29. The van der Waals surface area contributed by atoms with Gasteiger partial charge in [-0.3, -0.25) is 0 Å². The molecular formula is C22H21N5O4S. The van der Waals surface area contributed by atoms with Crippen molar-refractivity contribution >= 4 is 28.9 Å². The van der Waals surface area contributed by atoms with Gasteiger partial charge in [0.15, 0.2) is 6.10 Å². The van der Waals surface area contributed by atoms with Crippen LogP contribution in [0.5, 0.6) is 5.75 Å². The molecule has 0 saturated heterocycles. The third kappa shape index (κ3) is 5.29. The number of benzene rings is 1. The Labute approximate surface area is 188 Å². The number of anilines is 2. The number of carbonyl (C=O) groups excluding carboxylic acids is 1. The van der Waals surface area contributed by atoms with Crippen molar-refractivity contribution in [2.24, 2.45) is 0 Å². The first-order chi connectivity index (χ1) is 15.6. The molecule has 0 spiro atoms. The summed E-state index contributed by atoms with van der Waals surface area (Å²) in [6, 6.07) is 12.7.